The van der Waals surface area contributed by atoms with Crippen molar-refractivity contribution >= 4 is 58.2 Å². The van der Waals surface area contributed by atoms with Crippen molar-refractivity contribution in [3.63, 3.8) is 0 Å². The van der Waals surface area contributed by atoms with E-state index in [2.05, 4.69) is 25.6 Å². The topological polar surface area (TPSA) is 88.0 Å². The SMILES string of the molecule is Cc1ccc(Nc2nc(Nc3ccc4c(c3)nc(C(F)(F)F)n4CCN(C)C)ncc2Cl)c(P(C)(C)=O)c1C. The van der Waals surface area contributed by atoms with Gasteiger partial charge in [0.05, 0.1) is 22.9 Å². The number of alkyl halides is 3. The molecule has 13 heteroatoms. The summed E-state index contributed by atoms with van der Waals surface area (Å²) in [6.45, 7) is 7.86. The second-order valence-corrected chi connectivity index (χ2v) is 13.5. The molecule has 4 rings (SSSR count). The van der Waals surface area contributed by atoms with Gasteiger partial charge in [0.1, 0.15) is 12.2 Å². The average Bonchev–Trinajstić information content (AvgIpc) is 3.20. The number of rotatable bonds is 8. The van der Waals surface area contributed by atoms with Crippen LogP contribution in [0.1, 0.15) is 17.0 Å². The Hall–Kier alpha value is -3.14. The number of aryl methyl sites for hydroxylation is 1. The molecule has 8 nitrogen and oxygen atoms in total. The van der Waals surface area contributed by atoms with Gasteiger partial charge in [0, 0.05) is 24.1 Å². The summed E-state index contributed by atoms with van der Waals surface area (Å²) < 4.78 is 55.3. The molecule has 0 bridgehead atoms. The molecule has 2 aromatic heterocycles. The van der Waals surface area contributed by atoms with E-state index < -0.39 is 19.1 Å². The van der Waals surface area contributed by atoms with Crippen molar-refractivity contribution < 1.29 is 17.7 Å². The second-order valence-electron chi connectivity index (χ2n) is 9.99. The Morgan fingerprint density at radius 3 is 2.44 bits per heavy atom. The van der Waals surface area contributed by atoms with Gasteiger partial charge in [0.15, 0.2) is 5.82 Å². The van der Waals surface area contributed by atoms with Gasteiger partial charge in [-0.25, -0.2) is 9.97 Å². The Kier molecular flexibility index (Phi) is 7.98. The van der Waals surface area contributed by atoms with Crippen LogP contribution in [0.3, 0.4) is 0 Å². The van der Waals surface area contributed by atoms with Crippen LogP contribution in [0.5, 0.6) is 0 Å². The maximum Gasteiger partial charge on any atom is 0.449 e. The number of likely N-dealkylation sites (N-methyl/N-ethyl adjacent to an activating group) is 1. The van der Waals surface area contributed by atoms with Gasteiger partial charge >= 0.3 is 6.18 Å². The Balaban J connectivity index is 1.66. The first kappa shape index (κ1) is 28.9. The van der Waals surface area contributed by atoms with Gasteiger partial charge in [-0.2, -0.15) is 18.2 Å². The van der Waals surface area contributed by atoms with E-state index in [1.807, 2.05) is 30.9 Å². The number of hydrogen-bond donors (Lipinski definition) is 2. The molecule has 208 valence electrons. The van der Waals surface area contributed by atoms with E-state index in [1.54, 1.807) is 39.6 Å². The molecule has 39 heavy (non-hydrogen) atoms. The van der Waals surface area contributed by atoms with Gasteiger partial charge in [-0.15, -0.1) is 0 Å². The number of nitrogens with zero attached hydrogens (tertiary/aromatic N) is 5. The van der Waals surface area contributed by atoms with E-state index in [0.717, 1.165) is 11.1 Å². The molecule has 2 aromatic carbocycles. The molecule has 0 fully saturated rings. The van der Waals surface area contributed by atoms with E-state index in [1.165, 1.54) is 16.8 Å². The van der Waals surface area contributed by atoms with Crippen LogP contribution in [-0.4, -0.2) is 58.4 Å². The molecule has 0 unspecified atom stereocenters. The van der Waals surface area contributed by atoms with E-state index >= 15 is 0 Å². The van der Waals surface area contributed by atoms with Crippen molar-refractivity contribution in [2.45, 2.75) is 26.6 Å². The van der Waals surface area contributed by atoms with Crippen LogP contribution in [0.15, 0.2) is 36.5 Å². The molecule has 0 amide bonds. The van der Waals surface area contributed by atoms with Gasteiger partial charge in [0.2, 0.25) is 11.8 Å². The van der Waals surface area contributed by atoms with Gasteiger partial charge < -0.3 is 24.7 Å². The van der Waals surface area contributed by atoms with Crippen molar-refractivity contribution in [2.75, 3.05) is 44.6 Å². The van der Waals surface area contributed by atoms with Crippen molar-refractivity contribution in [1.82, 2.24) is 24.4 Å². The number of fused-ring (bicyclic) bond motifs is 1. The fourth-order valence-electron chi connectivity index (χ4n) is 4.32. The highest BCUT2D eigenvalue weighted by molar-refractivity contribution is 7.70. The van der Waals surface area contributed by atoms with E-state index in [-0.39, 0.29) is 23.0 Å². The first-order valence-corrected chi connectivity index (χ1v) is 15.1. The normalized spacial score (nSPS) is 12.4. The summed E-state index contributed by atoms with van der Waals surface area (Å²) in [7, 11) is 0.955. The molecule has 0 atom stereocenters. The highest BCUT2D eigenvalue weighted by Gasteiger charge is 2.37. The van der Waals surface area contributed by atoms with Crippen LogP contribution in [-0.2, 0) is 17.3 Å². The average molecular weight is 580 g/mol. The predicted molar refractivity (Wildman–Crippen MR) is 152 cm³/mol. The monoisotopic (exact) mass is 579 g/mol. The van der Waals surface area contributed by atoms with Crippen LogP contribution in [0.2, 0.25) is 5.02 Å². The number of benzene rings is 2. The highest BCUT2D eigenvalue weighted by atomic mass is 35.5. The summed E-state index contributed by atoms with van der Waals surface area (Å²) in [6.07, 6.45) is -3.18. The number of anilines is 4. The lowest BCUT2D eigenvalue weighted by Crippen LogP contribution is -2.22. The summed E-state index contributed by atoms with van der Waals surface area (Å²) in [5.74, 6) is -0.481. The van der Waals surface area contributed by atoms with Gasteiger partial charge in [-0.3, -0.25) is 0 Å². The summed E-state index contributed by atoms with van der Waals surface area (Å²) in [4.78, 5) is 14.4. The van der Waals surface area contributed by atoms with Crippen molar-refractivity contribution in [1.29, 1.82) is 0 Å². The Bertz CT molecular complexity index is 1580. The number of imidazole rings is 1. The number of aromatic nitrogens is 4. The van der Waals surface area contributed by atoms with Crippen LogP contribution in [0.25, 0.3) is 11.0 Å². The molecule has 0 aliphatic rings. The predicted octanol–water partition coefficient (Wildman–Crippen LogP) is 6.41. The summed E-state index contributed by atoms with van der Waals surface area (Å²) >= 11 is 6.37. The largest absolute Gasteiger partial charge is 0.449 e. The standard InChI is InChI=1S/C26H30ClF3N7OP/c1-15-7-9-19(22(16(15)2)39(5,6)38)33-23-18(27)14-31-25(35-23)32-17-8-10-21-20(13-17)34-24(26(28,29)30)37(21)12-11-36(3)4/h7-10,13-14H,11-12H2,1-6H3,(H2,31,32,33,35). The number of halogens is 4. The first-order chi connectivity index (χ1) is 18.1. The summed E-state index contributed by atoms with van der Waals surface area (Å²) in [6, 6.07) is 8.52. The van der Waals surface area contributed by atoms with E-state index in [9.17, 15) is 17.7 Å². The molecule has 0 spiro atoms. The fourth-order valence-corrected chi connectivity index (χ4v) is 6.15. The third-order valence-corrected chi connectivity index (χ3v) is 8.20. The molecule has 0 saturated heterocycles. The lowest BCUT2D eigenvalue weighted by molar-refractivity contribution is -0.147. The van der Waals surface area contributed by atoms with Crippen LogP contribution in [0, 0.1) is 13.8 Å². The zero-order chi connectivity index (χ0) is 28.7. The van der Waals surface area contributed by atoms with Crippen molar-refractivity contribution in [2.24, 2.45) is 0 Å². The zero-order valence-corrected chi connectivity index (χ0v) is 24.1. The van der Waals surface area contributed by atoms with Crippen LogP contribution >= 0.6 is 18.7 Å². The molecule has 0 saturated carbocycles. The molecule has 0 aliphatic heterocycles. The van der Waals surface area contributed by atoms with Crippen LogP contribution in [0.4, 0.5) is 36.3 Å². The first-order valence-electron chi connectivity index (χ1n) is 12.1. The van der Waals surface area contributed by atoms with Crippen LogP contribution < -0.4 is 15.9 Å². The van der Waals surface area contributed by atoms with E-state index in [4.69, 9.17) is 11.6 Å². The minimum absolute atomic E-state index is 0.142. The maximum absolute atomic E-state index is 13.7. The number of nitrogens with one attached hydrogen (secondary N) is 2. The minimum Gasteiger partial charge on any atom is -0.338 e. The third-order valence-electron chi connectivity index (χ3n) is 6.27. The van der Waals surface area contributed by atoms with Gasteiger partial charge in [0.25, 0.3) is 0 Å². The Morgan fingerprint density at radius 1 is 1.08 bits per heavy atom. The lowest BCUT2D eigenvalue weighted by Gasteiger charge is -2.19. The quantitative estimate of drug-likeness (QED) is 0.233. The number of hydrogen-bond acceptors (Lipinski definition) is 7. The lowest BCUT2D eigenvalue weighted by atomic mass is 10.1. The molecular formula is C26H30ClF3N7OP. The molecular weight excluding hydrogens is 550 g/mol. The fraction of sp³-hybridized carbons (Fsp3) is 0.346. The van der Waals surface area contributed by atoms with Gasteiger partial charge in [-0.1, -0.05) is 17.7 Å². The molecule has 0 aliphatic carbocycles. The Morgan fingerprint density at radius 2 is 1.79 bits per heavy atom. The van der Waals surface area contributed by atoms with Crippen molar-refractivity contribution in [3.8, 4) is 0 Å². The molecule has 2 N–H and O–H groups in total. The van der Waals surface area contributed by atoms with Crippen molar-refractivity contribution in [3.05, 3.63) is 58.5 Å². The van der Waals surface area contributed by atoms with E-state index in [0.29, 0.717) is 34.6 Å². The smallest absolute Gasteiger partial charge is 0.338 e. The minimum atomic E-state index is -4.59. The molecule has 0 radical (unpaired) electrons. The highest BCUT2D eigenvalue weighted by Crippen LogP contribution is 2.41. The van der Waals surface area contributed by atoms with Gasteiger partial charge in [-0.05, 0) is 76.7 Å². The molecule has 2 heterocycles. The summed E-state index contributed by atoms with van der Waals surface area (Å²) in [5.41, 5.74) is 3.60. The summed E-state index contributed by atoms with van der Waals surface area (Å²) in [5, 5.41) is 7.16. The molecule has 4 aromatic rings. The zero-order valence-electron chi connectivity index (χ0n) is 22.5. The third kappa shape index (κ3) is 6.37. The second kappa shape index (κ2) is 10.8. The Labute approximate surface area is 230 Å². The maximum atomic E-state index is 13.7.